The standard InChI is InChI=1S/C13H28O2Si/c1-8-11(4)14-16(13(6,7)10-3)15-12(5)9-2/h10-12,16H,3,8-9H2,1-2,4-7H3. The first kappa shape index (κ1) is 15.9. The Kier molecular flexibility index (Phi) is 7.20. The molecule has 3 heteroatoms. The number of hydrogen-bond donors (Lipinski definition) is 0. The summed E-state index contributed by atoms with van der Waals surface area (Å²) in [6.45, 7) is 16.7. The molecule has 0 aromatic carbocycles. The van der Waals surface area contributed by atoms with Crippen molar-refractivity contribution in [2.75, 3.05) is 0 Å². The van der Waals surface area contributed by atoms with Crippen LogP contribution in [0.3, 0.4) is 0 Å². The van der Waals surface area contributed by atoms with Gasteiger partial charge in [-0.2, -0.15) is 0 Å². The lowest BCUT2D eigenvalue weighted by molar-refractivity contribution is 0.100. The van der Waals surface area contributed by atoms with E-state index in [1.54, 1.807) is 0 Å². The minimum atomic E-state index is -1.71. The highest BCUT2D eigenvalue weighted by Gasteiger charge is 2.34. The van der Waals surface area contributed by atoms with Gasteiger partial charge >= 0.3 is 9.28 Å². The largest absolute Gasteiger partial charge is 0.393 e. The van der Waals surface area contributed by atoms with Gasteiger partial charge in [0.05, 0.1) is 0 Å². The van der Waals surface area contributed by atoms with Crippen molar-refractivity contribution in [3.63, 3.8) is 0 Å². The summed E-state index contributed by atoms with van der Waals surface area (Å²) >= 11 is 0. The SMILES string of the molecule is C=CC(C)(C)[SiH](OC(C)CC)OC(C)CC. The number of allylic oxidation sites excluding steroid dienone is 1. The Morgan fingerprint density at radius 1 is 1.12 bits per heavy atom. The molecule has 16 heavy (non-hydrogen) atoms. The van der Waals surface area contributed by atoms with Crippen LogP contribution in [0.1, 0.15) is 54.4 Å². The fourth-order valence-electron chi connectivity index (χ4n) is 1.09. The Hall–Kier alpha value is -0.123. The van der Waals surface area contributed by atoms with Crippen LogP contribution in [-0.4, -0.2) is 21.5 Å². The molecule has 0 amide bonds. The lowest BCUT2D eigenvalue weighted by Crippen LogP contribution is -2.38. The predicted molar refractivity (Wildman–Crippen MR) is 73.1 cm³/mol. The van der Waals surface area contributed by atoms with E-state index in [2.05, 4.69) is 48.1 Å². The normalized spacial score (nSPS) is 17.9. The highest BCUT2D eigenvalue weighted by Crippen LogP contribution is 2.32. The summed E-state index contributed by atoms with van der Waals surface area (Å²) in [4.78, 5) is 0. The van der Waals surface area contributed by atoms with Gasteiger partial charge in [-0.15, -0.1) is 6.58 Å². The average Bonchev–Trinajstić information content (AvgIpc) is 2.27. The summed E-state index contributed by atoms with van der Waals surface area (Å²) < 4.78 is 12.1. The Bertz CT molecular complexity index is 192. The van der Waals surface area contributed by atoms with Crippen molar-refractivity contribution in [3.05, 3.63) is 12.7 Å². The van der Waals surface area contributed by atoms with E-state index >= 15 is 0 Å². The summed E-state index contributed by atoms with van der Waals surface area (Å²) in [5.41, 5.74) is 0. The summed E-state index contributed by atoms with van der Waals surface area (Å²) in [6, 6.07) is 0. The molecule has 0 N–H and O–H groups in total. The molecule has 0 aromatic heterocycles. The van der Waals surface area contributed by atoms with Crippen LogP contribution in [0.5, 0.6) is 0 Å². The molecular weight excluding hydrogens is 216 g/mol. The topological polar surface area (TPSA) is 18.5 Å². The van der Waals surface area contributed by atoms with Crippen molar-refractivity contribution in [3.8, 4) is 0 Å². The van der Waals surface area contributed by atoms with Gasteiger partial charge in [0.15, 0.2) is 0 Å². The van der Waals surface area contributed by atoms with E-state index < -0.39 is 9.28 Å². The highest BCUT2D eigenvalue weighted by molar-refractivity contribution is 6.49. The van der Waals surface area contributed by atoms with Gasteiger partial charge in [-0.25, -0.2) is 0 Å². The average molecular weight is 244 g/mol. The first-order valence-corrected chi connectivity index (χ1v) is 7.83. The maximum atomic E-state index is 6.07. The molecule has 0 aliphatic carbocycles. The van der Waals surface area contributed by atoms with Gasteiger partial charge in [-0.05, 0) is 26.7 Å². The van der Waals surface area contributed by atoms with Crippen LogP contribution in [0, 0.1) is 0 Å². The molecule has 0 aromatic rings. The summed E-state index contributed by atoms with van der Waals surface area (Å²) in [5.74, 6) is 0. The van der Waals surface area contributed by atoms with Gasteiger partial charge in [0.1, 0.15) is 0 Å². The molecule has 0 aliphatic heterocycles. The molecule has 2 unspecified atom stereocenters. The second-order valence-electron chi connectivity index (χ2n) is 5.07. The fraction of sp³-hybridized carbons (Fsp3) is 0.846. The third-order valence-corrected chi connectivity index (χ3v) is 5.87. The Balaban J connectivity index is 4.56. The minimum absolute atomic E-state index is 0.0210. The predicted octanol–water partition coefficient (Wildman–Crippen LogP) is 3.80. The van der Waals surface area contributed by atoms with Gasteiger partial charge < -0.3 is 8.85 Å². The zero-order valence-corrected chi connectivity index (χ0v) is 12.9. The second-order valence-corrected chi connectivity index (χ2v) is 7.76. The van der Waals surface area contributed by atoms with Crippen molar-refractivity contribution >= 4 is 9.28 Å². The van der Waals surface area contributed by atoms with Crippen LogP contribution in [0.4, 0.5) is 0 Å². The van der Waals surface area contributed by atoms with Crippen LogP contribution in [-0.2, 0) is 8.85 Å². The molecule has 0 aliphatic rings. The van der Waals surface area contributed by atoms with Crippen molar-refractivity contribution in [1.29, 1.82) is 0 Å². The molecule has 2 nitrogen and oxygen atoms in total. The van der Waals surface area contributed by atoms with E-state index in [1.165, 1.54) is 0 Å². The monoisotopic (exact) mass is 244 g/mol. The van der Waals surface area contributed by atoms with Gasteiger partial charge in [-0.3, -0.25) is 0 Å². The second kappa shape index (κ2) is 7.25. The van der Waals surface area contributed by atoms with Crippen molar-refractivity contribution in [1.82, 2.24) is 0 Å². The maximum Gasteiger partial charge on any atom is 0.331 e. The molecule has 0 radical (unpaired) electrons. The molecule has 0 spiro atoms. The lowest BCUT2D eigenvalue weighted by Gasteiger charge is -2.33. The smallest absolute Gasteiger partial charge is 0.331 e. The molecule has 96 valence electrons. The van der Waals surface area contributed by atoms with E-state index in [9.17, 15) is 0 Å². The summed E-state index contributed by atoms with van der Waals surface area (Å²) in [5, 5.41) is -0.0210. The first-order chi connectivity index (χ1) is 7.37. The van der Waals surface area contributed by atoms with Crippen molar-refractivity contribution < 1.29 is 8.85 Å². The van der Waals surface area contributed by atoms with Crippen LogP contribution >= 0.6 is 0 Å². The van der Waals surface area contributed by atoms with Crippen LogP contribution in [0.25, 0.3) is 0 Å². The zero-order chi connectivity index (χ0) is 12.8. The highest BCUT2D eigenvalue weighted by atomic mass is 28.3. The quantitative estimate of drug-likeness (QED) is 0.477. The van der Waals surface area contributed by atoms with E-state index in [1.807, 2.05) is 6.08 Å². The molecule has 0 rings (SSSR count). The van der Waals surface area contributed by atoms with Crippen LogP contribution < -0.4 is 0 Å². The number of rotatable bonds is 8. The lowest BCUT2D eigenvalue weighted by atomic mass is 10.2. The molecule has 0 saturated heterocycles. The third kappa shape index (κ3) is 5.28. The van der Waals surface area contributed by atoms with E-state index in [0.717, 1.165) is 12.8 Å². The Labute approximate surface area is 103 Å². The molecule has 0 fully saturated rings. The molecule has 0 saturated carbocycles. The van der Waals surface area contributed by atoms with Crippen LogP contribution in [0.2, 0.25) is 5.04 Å². The van der Waals surface area contributed by atoms with Gasteiger partial charge in [0.25, 0.3) is 0 Å². The molecule has 0 bridgehead atoms. The van der Waals surface area contributed by atoms with E-state index in [-0.39, 0.29) is 17.2 Å². The molecular formula is C13H28O2Si. The minimum Gasteiger partial charge on any atom is -0.393 e. The third-order valence-electron chi connectivity index (χ3n) is 3.00. The van der Waals surface area contributed by atoms with Crippen molar-refractivity contribution in [2.45, 2.75) is 71.6 Å². The van der Waals surface area contributed by atoms with Crippen molar-refractivity contribution in [2.24, 2.45) is 0 Å². The van der Waals surface area contributed by atoms with Gasteiger partial charge in [0, 0.05) is 17.2 Å². The van der Waals surface area contributed by atoms with Gasteiger partial charge in [-0.1, -0.05) is 33.8 Å². The summed E-state index contributed by atoms with van der Waals surface area (Å²) in [7, 11) is -1.71. The number of hydrogen-bond acceptors (Lipinski definition) is 2. The summed E-state index contributed by atoms with van der Waals surface area (Å²) in [6.07, 6.45) is 4.58. The molecule has 0 heterocycles. The van der Waals surface area contributed by atoms with E-state index in [0.29, 0.717) is 0 Å². The van der Waals surface area contributed by atoms with Gasteiger partial charge in [0.2, 0.25) is 0 Å². The Morgan fingerprint density at radius 3 is 1.75 bits per heavy atom. The Morgan fingerprint density at radius 2 is 1.50 bits per heavy atom. The first-order valence-electron chi connectivity index (χ1n) is 6.31. The maximum absolute atomic E-state index is 6.07. The molecule has 2 atom stereocenters. The fourth-order valence-corrected chi connectivity index (χ4v) is 3.28. The van der Waals surface area contributed by atoms with E-state index in [4.69, 9.17) is 8.85 Å². The van der Waals surface area contributed by atoms with Crippen LogP contribution in [0.15, 0.2) is 12.7 Å². The zero-order valence-electron chi connectivity index (χ0n) is 11.7.